The second-order valence-electron chi connectivity index (χ2n) is 9.95. The molecule has 44 heavy (non-hydrogen) atoms. The average Bonchev–Trinajstić information content (AvgIpc) is 3.51. The fourth-order valence-electron chi connectivity index (χ4n) is 5.32. The first-order chi connectivity index (χ1) is 21.2. The number of hydrogen-bond acceptors (Lipinski definition) is 10. The molecule has 1 fully saturated rings. The molecule has 0 spiro atoms. The maximum Gasteiger partial charge on any atom is 0.338 e. The number of aromatic nitrogens is 1. The van der Waals surface area contributed by atoms with Crippen LogP contribution in [0.15, 0.2) is 82.6 Å². The summed E-state index contributed by atoms with van der Waals surface area (Å²) in [7, 11) is 0. The summed E-state index contributed by atoms with van der Waals surface area (Å²) >= 11 is 2.11. The van der Waals surface area contributed by atoms with Gasteiger partial charge in [0.25, 0.3) is 5.91 Å². The van der Waals surface area contributed by atoms with Crippen LogP contribution in [0.2, 0.25) is 0 Å². The Morgan fingerprint density at radius 2 is 1.70 bits per heavy atom. The molecule has 3 aromatic carbocycles. The van der Waals surface area contributed by atoms with Crippen molar-refractivity contribution in [2.45, 2.75) is 23.1 Å². The molecule has 3 amide bonds. The predicted molar refractivity (Wildman–Crippen MR) is 163 cm³/mol. The van der Waals surface area contributed by atoms with Gasteiger partial charge in [0, 0.05) is 22.0 Å². The molecule has 4 aromatic rings. The number of phenolic OH excluding ortho intramolecular Hbond substituents is 1. The van der Waals surface area contributed by atoms with E-state index in [1.54, 1.807) is 43.3 Å². The summed E-state index contributed by atoms with van der Waals surface area (Å²) in [6.45, 7) is 1.56. The standard InChI is InChI=1S/C31H25N3O8S2/c1-2-41-30(39)16-7-11-18(12-8-16)34-28(37)24-23(25-27(33-31(40)44-25)43-26(24)29(34)38)20-5-3-4-6-21(20)42-15-22(36)32-17-9-13-19(35)14-10-17/h3-14,23-24,26,35H,2,15H2,1H3,(H,32,36)(H,33,40)/t23-,24?,26?/m1/s1. The Bertz CT molecular complexity index is 1820. The summed E-state index contributed by atoms with van der Waals surface area (Å²) in [4.78, 5) is 69.3. The Kier molecular flexibility index (Phi) is 7.97. The molecule has 3 atom stereocenters. The molecule has 11 nitrogen and oxygen atoms in total. The number of H-pyrrole nitrogens is 1. The fraction of sp³-hybridized carbons (Fsp3) is 0.194. The SMILES string of the molecule is CCOC(=O)c1ccc(N2C(=O)C3Sc4[nH]c(=O)sc4[C@H](c4ccccc4OCC(=O)Nc4ccc(O)cc4)C3C2=O)cc1. The van der Waals surface area contributed by atoms with Crippen LogP contribution in [0.25, 0.3) is 0 Å². The van der Waals surface area contributed by atoms with Crippen LogP contribution in [0.4, 0.5) is 11.4 Å². The van der Waals surface area contributed by atoms with Crippen LogP contribution >= 0.6 is 23.1 Å². The smallest absolute Gasteiger partial charge is 0.338 e. The lowest BCUT2D eigenvalue weighted by atomic mass is 9.82. The molecule has 224 valence electrons. The van der Waals surface area contributed by atoms with Crippen molar-refractivity contribution in [3.05, 3.63) is 98.5 Å². The highest BCUT2D eigenvalue weighted by atomic mass is 32.2. The molecule has 0 radical (unpaired) electrons. The van der Waals surface area contributed by atoms with Gasteiger partial charge in [-0.1, -0.05) is 41.3 Å². The topological polar surface area (TPSA) is 155 Å². The third-order valence-electron chi connectivity index (χ3n) is 7.22. The van der Waals surface area contributed by atoms with E-state index < -0.39 is 40.8 Å². The van der Waals surface area contributed by atoms with Crippen LogP contribution in [0.1, 0.15) is 33.6 Å². The minimum Gasteiger partial charge on any atom is -0.508 e. The van der Waals surface area contributed by atoms with E-state index in [1.165, 1.54) is 36.4 Å². The third-order valence-corrected chi connectivity index (χ3v) is 9.63. The van der Waals surface area contributed by atoms with Crippen molar-refractivity contribution in [2.75, 3.05) is 23.4 Å². The lowest BCUT2D eigenvalue weighted by molar-refractivity contribution is -0.122. The van der Waals surface area contributed by atoms with Gasteiger partial charge in [0.1, 0.15) is 16.7 Å². The molecule has 3 heterocycles. The van der Waals surface area contributed by atoms with Gasteiger partial charge in [-0.2, -0.15) is 0 Å². The van der Waals surface area contributed by atoms with E-state index in [-0.39, 0.29) is 23.8 Å². The summed E-state index contributed by atoms with van der Waals surface area (Å²) in [5.41, 5.74) is 1.63. The van der Waals surface area contributed by atoms with E-state index in [0.717, 1.165) is 28.0 Å². The lowest BCUT2D eigenvalue weighted by Crippen LogP contribution is -2.32. The number of thioether (sulfide) groups is 1. The van der Waals surface area contributed by atoms with Gasteiger partial charge in [-0.3, -0.25) is 19.2 Å². The number of aromatic hydroxyl groups is 1. The number of carbonyl (C=O) groups excluding carboxylic acids is 4. The predicted octanol–water partition coefficient (Wildman–Crippen LogP) is 4.13. The van der Waals surface area contributed by atoms with Crippen LogP contribution in [-0.4, -0.2) is 52.2 Å². The number of esters is 1. The van der Waals surface area contributed by atoms with Crippen molar-refractivity contribution in [1.29, 1.82) is 0 Å². The summed E-state index contributed by atoms with van der Waals surface area (Å²) in [5.74, 6) is -3.04. The molecule has 0 saturated carbocycles. The monoisotopic (exact) mass is 631 g/mol. The van der Waals surface area contributed by atoms with Gasteiger partial charge in [-0.15, -0.1) is 0 Å². The number of rotatable bonds is 8. The van der Waals surface area contributed by atoms with Crippen molar-refractivity contribution in [3.63, 3.8) is 0 Å². The highest BCUT2D eigenvalue weighted by molar-refractivity contribution is 8.00. The van der Waals surface area contributed by atoms with Crippen molar-refractivity contribution in [3.8, 4) is 11.5 Å². The number of nitrogens with zero attached hydrogens (tertiary/aromatic N) is 1. The Labute approximate surface area is 258 Å². The number of carbonyl (C=O) groups is 4. The summed E-state index contributed by atoms with van der Waals surface area (Å²) in [6, 6.07) is 19.0. The molecule has 0 aliphatic carbocycles. The zero-order valence-corrected chi connectivity index (χ0v) is 24.8. The summed E-state index contributed by atoms with van der Waals surface area (Å²) in [5, 5.41) is 11.8. The fourth-order valence-corrected chi connectivity index (χ4v) is 7.83. The van der Waals surface area contributed by atoms with Gasteiger partial charge >= 0.3 is 10.8 Å². The van der Waals surface area contributed by atoms with Crippen molar-refractivity contribution < 1.29 is 33.8 Å². The second kappa shape index (κ2) is 12.0. The van der Waals surface area contributed by atoms with Crippen LogP contribution in [0, 0.1) is 5.92 Å². The van der Waals surface area contributed by atoms with E-state index in [1.807, 2.05) is 0 Å². The van der Waals surface area contributed by atoms with Gasteiger partial charge in [-0.25, -0.2) is 9.69 Å². The molecule has 2 aliphatic heterocycles. The van der Waals surface area contributed by atoms with E-state index in [2.05, 4.69) is 10.3 Å². The zero-order valence-electron chi connectivity index (χ0n) is 23.1. The number of fused-ring (bicyclic) bond motifs is 2. The normalized spacial score (nSPS) is 18.8. The largest absolute Gasteiger partial charge is 0.508 e. The molecule has 6 rings (SSSR count). The molecular formula is C31H25N3O8S2. The molecule has 1 saturated heterocycles. The second-order valence-corrected chi connectivity index (χ2v) is 12.1. The Morgan fingerprint density at radius 3 is 2.43 bits per heavy atom. The maximum absolute atomic E-state index is 14.1. The number of anilines is 2. The van der Waals surface area contributed by atoms with E-state index in [0.29, 0.717) is 38.2 Å². The van der Waals surface area contributed by atoms with Crippen LogP contribution in [0.5, 0.6) is 11.5 Å². The van der Waals surface area contributed by atoms with Gasteiger partial charge in [0.15, 0.2) is 6.61 Å². The van der Waals surface area contributed by atoms with E-state index >= 15 is 0 Å². The number of thiazole rings is 1. The number of imide groups is 1. The average molecular weight is 632 g/mol. The minimum atomic E-state index is -0.869. The molecule has 1 aromatic heterocycles. The van der Waals surface area contributed by atoms with Crippen molar-refractivity contribution in [1.82, 2.24) is 4.98 Å². The Balaban J connectivity index is 1.31. The molecular weight excluding hydrogens is 606 g/mol. The number of hydrogen-bond donors (Lipinski definition) is 3. The quantitative estimate of drug-likeness (QED) is 0.148. The lowest BCUT2D eigenvalue weighted by Gasteiger charge is -2.30. The number of benzene rings is 3. The highest BCUT2D eigenvalue weighted by Gasteiger charge is 2.56. The van der Waals surface area contributed by atoms with Crippen molar-refractivity contribution in [2.24, 2.45) is 5.92 Å². The number of ether oxygens (including phenoxy) is 2. The Morgan fingerprint density at radius 1 is 0.977 bits per heavy atom. The number of aromatic amines is 1. The van der Waals surface area contributed by atoms with Gasteiger partial charge in [-0.05, 0) is 61.5 Å². The van der Waals surface area contributed by atoms with Crippen LogP contribution < -0.4 is 19.8 Å². The highest BCUT2D eigenvalue weighted by Crippen LogP contribution is 2.54. The number of para-hydroxylation sites is 1. The van der Waals surface area contributed by atoms with E-state index in [4.69, 9.17) is 9.47 Å². The Hall–Kier alpha value is -4.88. The first-order valence-electron chi connectivity index (χ1n) is 13.6. The van der Waals surface area contributed by atoms with Crippen molar-refractivity contribution >= 4 is 58.2 Å². The number of phenols is 1. The molecule has 2 unspecified atom stereocenters. The number of amides is 3. The first-order valence-corrected chi connectivity index (χ1v) is 15.3. The number of nitrogens with one attached hydrogen (secondary N) is 2. The molecule has 13 heteroatoms. The first kappa shape index (κ1) is 29.2. The molecule has 0 bridgehead atoms. The van der Waals surface area contributed by atoms with Gasteiger partial charge in [0.05, 0.1) is 28.8 Å². The maximum atomic E-state index is 14.1. The van der Waals surface area contributed by atoms with E-state index in [9.17, 15) is 29.1 Å². The van der Waals surface area contributed by atoms with Gasteiger partial charge in [0.2, 0.25) is 11.8 Å². The molecule has 2 aliphatic rings. The zero-order chi connectivity index (χ0) is 31.0. The third kappa shape index (κ3) is 5.47. The summed E-state index contributed by atoms with van der Waals surface area (Å²) in [6.07, 6.45) is 0. The molecule has 3 N–H and O–H groups in total. The van der Waals surface area contributed by atoms with Crippen LogP contribution in [-0.2, 0) is 19.1 Å². The van der Waals surface area contributed by atoms with Crippen LogP contribution in [0.3, 0.4) is 0 Å². The van der Waals surface area contributed by atoms with Gasteiger partial charge < -0.3 is 24.9 Å². The minimum absolute atomic E-state index is 0.0655. The summed E-state index contributed by atoms with van der Waals surface area (Å²) < 4.78 is 11.0.